The maximum Gasteiger partial charge on any atom is 0.272 e. The van der Waals surface area contributed by atoms with E-state index in [1.807, 2.05) is 6.92 Å². The number of sulfone groups is 1. The second-order valence-corrected chi connectivity index (χ2v) is 11.2. The Morgan fingerprint density at radius 2 is 1.97 bits per heavy atom. The first-order valence-electron chi connectivity index (χ1n) is 12.0. The number of aryl methyl sites for hydroxylation is 1. The number of halogens is 2. The Balaban J connectivity index is 1.49. The highest BCUT2D eigenvalue weighted by atomic mass is 32.2. The summed E-state index contributed by atoms with van der Waals surface area (Å²) in [6.45, 7) is 1.34. The van der Waals surface area contributed by atoms with Crippen molar-refractivity contribution in [3.63, 3.8) is 0 Å². The fourth-order valence-electron chi connectivity index (χ4n) is 3.97. The molecule has 4 rings (SSSR count). The van der Waals surface area contributed by atoms with Crippen LogP contribution in [-0.4, -0.2) is 72.7 Å². The van der Waals surface area contributed by atoms with Crippen LogP contribution in [0.15, 0.2) is 42.6 Å². The topological polar surface area (TPSA) is 142 Å². The number of rotatable bonds is 11. The number of anilines is 1. The van der Waals surface area contributed by atoms with Crippen molar-refractivity contribution >= 4 is 27.5 Å². The predicted octanol–water partition coefficient (Wildman–Crippen LogP) is 2.33. The summed E-state index contributed by atoms with van der Waals surface area (Å²) in [5, 5.41) is 9.91. The number of nitrogens with zero attached hydrogens (tertiary/aromatic N) is 3. The molecular formula is C25H27F2N5O6S. The summed E-state index contributed by atoms with van der Waals surface area (Å²) in [7, 11) is -3.61. The molecule has 0 aliphatic carbocycles. The molecule has 1 aliphatic rings. The molecule has 14 heteroatoms. The molecule has 0 spiro atoms. The van der Waals surface area contributed by atoms with E-state index in [0.29, 0.717) is 30.1 Å². The zero-order chi connectivity index (χ0) is 28.2. The summed E-state index contributed by atoms with van der Waals surface area (Å²) in [6, 6.07) is 9.44. The van der Waals surface area contributed by atoms with Gasteiger partial charge < -0.3 is 20.1 Å². The van der Waals surface area contributed by atoms with Crippen LogP contribution in [0, 0.1) is 6.92 Å². The smallest absolute Gasteiger partial charge is 0.272 e. The Labute approximate surface area is 223 Å². The zero-order valence-corrected chi connectivity index (χ0v) is 22.0. The van der Waals surface area contributed by atoms with Gasteiger partial charge in [0.15, 0.2) is 21.5 Å². The number of carbonyl (C=O) groups excluding carboxylic acids is 2. The van der Waals surface area contributed by atoms with Crippen molar-refractivity contribution in [3.8, 4) is 17.3 Å². The third-order valence-corrected chi connectivity index (χ3v) is 6.43. The van der Waals surface area contributed by atoms with Gasteiger partial charge in [-0.3, -0.25) is 9.59 Å². The first-order valence-corrected chi connectivity index (χ1v) is 14.0. The van der Waals surface area contributed by atoms with Gasteiger partial charge in [-0.15, -0.1) is 0 Å². The molecule has 0 unspecified atom stereocenters. The van der Waals surface area contributed by atoms with E-state index < -0.39 is 40.4 Å². The molecule has 39 heavy (non-hydrogen) atoms. The van der Waals surface area contributed by atoms with Crippen LogP contribution < -0.4 is 20.1 Å². The SMILES string of the molecule is Cc1ccc(-n2nc3c(c2NC(=O)CS(C)(=O)=O)C(=O)N[C@@H](CCOc2cccc(OCC(F)F)c2)C3)nc1. The number of amides is 2. The molecule has 208 valence electrons. The Hall–Kier alpha value is -4.07. The van der Waals surface area contributed by atoms with E-state index in [1.54, 1.807) is 36.5 Å². The molecule has 0 saturated carbocycles. The highest BCUT2D eigenvalue weighted by molar-refractivity contribution is 7.91. The van der Waals surface area contributed by atoms with Gasteiger partial charge in [0.1, 0.15) is 29.4 Å². The van der Waals surface area contributed by atoms with E-state index in [9.17, 15) is 26.8 Å². The van der Waals surface area contributed by atoms with E-state index >= 15 is 0 Å². The van der Waals surface area contributed by atoms with Crippen LogP contribution in [0.1, 0.15) is 28.0 Å². The Bertz CT molecular complexity index is 1460. The molecule has 1 aromatic carbocycles. The van der Waals surface area contributed by atoms with Gasteiger partial charge in [0.05, 0.1) is 12.3 Å². The molecule has 3 aromatic rings. The lowest BCUT2D eigenvalue weighted by Gasteiger charge is -2.23. The maximum atomic E-state index is 13.1. The molecule has 0 bridgehead atoms. The first-order chi connectivity index (χ1) is 18.5. The van der Waals surface area contributed by atoms with E-state index in [1.165, 1.54) is 10.7 Å². The van der Waals surface area contributed by atoms with Crippen LogP contribution in [0.25, 0.3) is 5.82 Å². The lowest BCUT2D eigenvalue weighted by atomic mass is 9.99. The van der Waals surface area contributed by atoms with Gasteiger partial charge in [-0.25, -0.2) is 22.2 Å². The molecule has 2 aromatic heterocycles. The average molecular weight is 564 g/mol. The second kappa shape index (κ2) is 11.8. The summed E-state index contributed by atoms with van der Waals surface area (Å²) >= 11 is 0. The van der Waals surface area contributed by atoms with Gasteiger partial charge in [0, 0.05) is 37.4 Å². The molecule has 0 saturated heterocycles. The van der Waals surface area contributed by atoms with Crippen LogP contribution in [0.3, 0.4) is 0 Å². The maximum absolute atomic E-state index is 13.1. The summed E-state index contributed by atoms with van der Waals surface area (Å²) in [6.07, 6.45) is 0.668. The average Bonchev–Trinajstić information content (AvgIpc) is 3.20. The Kier molecular flexibility index (Phi) is 8.43. The number of carbonyl (C=O) groups is 2. The summed E-state index contributed by atoms with van der Waals surface area (Å²) in [5.74, 6) is -1.01. The number of ether oxygens (including phenoxy) is 2. The highest BCUT2D eigenvalue weighted by Crippen LogP contribution is 2.28. The van der Waals surface area contributed by atoms with E-state index in [2.05, 4.69) is 20.7 Å². The number of benzene rings is 1. The normalized spacial score (nSPS) is 15.0. The molecule has 1 aliphatic heterocycles. The van der Waals surface area contributed by atoms with Crippen molar-refractivity contribution in [2.75, 3.05) is 30.5 Å². The van der Waals surface area contributed by atoms with Crippen molar-refractivity contribution in [2.24, 2.45) is 0 Å². The molecule has 11 nitrogen and oxygen atoms in total. The number of aromatic nitrogens is 3. The standard InChI is InChI=1S/C25H27F2N5O6S/c1-15-6-7-21(28-12-15)32-24(30-22(33)14-39(2,35)36)23-19(31-32)10-16(29-25(23)34)8-9-37-17-4-3-5-18(11-17)38-13-20(26)27/h3-7,11-12,16,20H,8-10,13-14H2,1-2H3,(H,29,34)(H,30,33)/t16-/m0/s1. The summed E-state index contributed by atoms with van der Waals surface area (Å²) < 4.78 is 60.0. The fourth-order valence-corrected chi connectivity index (χ4v) is 4.51. The Morgan fingerprint density at radius 1 is 1.23 bits per heavy atom. The lowest BCUT2D eigenvalue weighted by molar-refractivity contribution is -0.113. The molecule has 3 heterocycles. The number of fused-ring (bicyclic) bond motifs is 1. The number of nitrogens with one attached hydrogen (secondary N) is 2. The van der Waals surface area contributed by atoms with Gasteiger partial charge >= 0.3 is 0 Å². The van der Waals surface area contributed by atoms with Crippen molar-refractivity contribution in [1.82, 2.24) is 20.1 Å². The summed E-state index contributed by atoms with van der Waals surface area (Å²) in [4.78, 5) is 29.9. The van der Waals surface area contributed by atoms with Gasteiger partial charge in [0.2, 0.25) is 5.91 Å². The molecule has 1 atom stereocenters. The van der Waals surface area contributed by atoms with Crippen LogP contribution in [0.2, 0.25) is 0 Å². The minimum atomic E-state index is -3.61. The number of alkyl halides is 2. The predicted molar refractivity (Wildman–Crippen MR) is 137 cm³/mol. The monoisotopic (exact) mass is 563 g/mol. The number of hydrogen-bond donors (Lipinski definition) is 2. The van der Waals surface area contributed by atoms with Crippen molar-refractivity contribution in [3.05, 3.63) is 59.4 Å². The quantitative estimate of drug-likeness (QED) is 0.362. The van der Waals surface area contributed by atoms with Gasteiger partial charge in [-0.2, -0.15) is 9.78 Å². The van der Waals surface area contributed by atoms with Crippen LogP contribution in [0.4, 0.5) is 14.6 Å². The third kappa shape index (κ3) is 7.50. The van der Waals surface area contributed by atoms with Crippen LogP contribution in [-0.2, 0) is 21.1 Å². The molecular weight excluding hydrogens is 536 g/mol. The molecule has 2 amide bonds. The first kappa shape index (κ1) is 28.0. The van der Waals surface area contributed by atoms with Crippen molar-refractivity contribution < 1.29 is 36.3 Å². The van der Waals surface area contributed by atoms with Crippen molar-refractivity contribution in [1.29, 1.82) is 0 Å². The van der Waals surface area contributed by atoms with E-state index in [0.717, 1.165) is 11.8 Å². The highest BCUT2D eigenvalue weighted by Gasteiger charge is 2.33. The van der Waals surface area contributed by atoms with Gasteiger partial charge in [-0.05, 0) is 30.7 Å². The third-order valence-electron chi connectivity index (χ3n) is 5.64. The number of hydrogen-bond acceptors (Lipinski definition) is 8. The van der Waals surface area contributed by atoms with Crippen LogP contribution in [0.5, 0.6) is 11.5 Å². The lowest BCUT2D eigenvalue weighted by Crippen LogP contribution is -2.42. The van der Waals surface area contributed by atoms with Gasteiger partial charge in [0.25, 0.3) is 12.3 Å². The molecule has 0 radical (unpaired) electrons. The minimum absolute atomic E-state index is 0.0304. The summed E-state index contributed by atoms with van der Waals surface area (Å²) in [5.41, 5.74) is 1.42. The minimum Gasteiger partial charge on any atom is -0.493 e. The van der Waals surface area contributed by atoms with Gasteiger partial charge in [-0.1, -0.05) is 12.1 Å². The molecule has 2 N–H and O–H groups in total. The van der Waals surface area contributed by atoms with E-state index in [-0.39, 0.29) is 29.8 Å². The van der Waals surface area contributed by atoms with E-state index in [4.69, 9.17) is 9.47 Å². The van der Waals surface area contributed by atoms with Crippen molar-refractivity contribution in [2.45, 2.75) is 32.2 Å². The fraction of sp³-hybridized carbons (Fsp3) is 0.360. The zero-order valence-electron chi connectivity index (χ0n) is 21.2. The largest absolute Gasteiger partial charge is 0.493 e. The second-order valence-electron chi connectivity index (χ2n) is 9.08. The Morgan fingerprint density at radius 3 is 2.64 bits per heavy atom. The molecule has 0 fully saturated rings. The van der Waals surface area contributed by atoms with Crippen LogP contribution >= 0.6 is 0 Å². The number of pyridine rings is 1.